The van der Waals surface area contributed by atoms with Crippen molar-refractivity contribution in [3.8, 4) is 12.3 Å². The Kier molecular flexibility index (Phi) is 4.73. The van der Waals surface area contributed by atoms with Crippen LogP contribution in [0.1, 0.15) is 0 Å². The van der Waals surface area contributed by atoms with Gasteiger partial charge in [0.25, 0.3) is 0 Å². The number of rotatable bonds is 5. The van der Waals surface area contributed by atoms with Crippen molar-refractivity contribution in [3.63, 3.8) is 0 Å². The Balaban J connectivity index is 3.71. The Morgan fingerprint density at radius 3 is 2.38 bits per heavy atom. The maximum absolute atomic E-state index is 12.1. The smallest absolute Gasteiger partial charge is 0.330 e. The first-order valence-electron chi connectivity index (χ1n) is 3.35. The maximum Gasteiger partial charge on any atom is 0.330 e. The Labute approximate surface area is 73.0 Å². The number of hydrogen-bond donors (Lipinski definition) is 1. The standard InChI is InChI=1S/C7H9F4NO/c1-2-5(12)3-13-4-7(10,11)6(8)9/h1,5-6H,3-4,12H2. The van der Waals surface area contributed by atoms with Gasteiger partial charge in [0.2, 0.25) is 0 Å². The van der Waals surface area contributed by atoms with Gasteiger partial charge in [0.15, 0.2) is 0 Å². The highest BCUT2D eigenvalue weighted by molar-refractivity contribution is 4.96. The molecule has 2 nitrogen and oxygen atoms in total. The molecule has 1 atom stereocenters. The van der Waals surface area contributed by atoms with Crippen LogP contribution in [0.3, 0.4) is 0 Å². The van der Waals surface area contributed by atoms with Gasteiger partial charge in [-0.05, 0) is 0 Å². The molecule has 76 valence electrons. The monoisotopic (exact) mass is 199 g/mol. The molecule has 0 aliphatic carbocycles. The molecule has 0 amide bonds. The quantitative estimate of drug-likeness (QED) is 0.526. The minimum atomic E-state index is -4.14. The van der Waals surface area contributed by atoms with Gasteiger partial charge in [-0.2, -0.15) is 8.78 Å². The predicted octanol–water partition coefficient (Wildman–Crippen LogP) is 0.864. The summed E-state index contributed by atoms with van der Waals surface area (Å²) in [6.45, 7) is -1.74. The topological polar surface area (TPSA) is 35.2 Å². The molecule has 0 aliphatic heterocycles. The van der Waals surface area contributed by atoms with Crippen LogP contribution in [0.5, 0.6) is 0 Å². The largest absolute Gasteiger partial charge is 0.372 e. The lowest BCUT2D eigenvalue weighted by Crippen LogP contribution is -2.35. The van der Waals surface area contributed by atoms with Crippen LogP contribution in [-0.4, -0.2) is 31.6 Å². The van der Waals surface area contributed by atoms with E-state index >= 15 is 0 Å². The number of hydrogen-bond acceptors (Lipinski definition) is 2. The van der Waals surface area contributed by atoms with Gasteiger partial charge in [-0.25, -0.2) is 8.78 Å². The van der Waals surface area contributed by atoms with E-state index in [1.807, 2.05) is 5.92 Å². The number of ether oxygens (including phenoxy) is 1. The van der Waals surface area contributed by atoms with Gasteiger partial charge < -0.3 is 10.5 Å². The molecule has 0 saturated heterocycles. The number of terminal acetylenes is 1. The molecule has 0 aromatic rings. The zero-order valence-corrected chi connectivity index (χ0v) is 6.64. The van der Waals surface area contributed by atoms with Crippen molar-refractivity contribution in [1.82, 2.24) is 0 Å². The molecule has 6 heteroatoms. The summed E-state index contributed by atoms with van der Waals surface area (Å²) in [7, 11) is 0. The van der Waals surface area contributed by atoms with E-state index in [-0.39, 0.29) is 6.61 Å². The van der Waals surface area contributed by atoms with Crippen LogP contribution in [0.4, 0.5) is 17.6 Å². The first-order chi connectivity index (χ1) is 5.90. The van der Waals surface area contributed by atoms with E-state index in [0.717, 1.165) is 0 Å². The van der Waals surface area contributed by atoms with Crippen LogP contribution in [-0.2, 0) is 4.74 Å². The summed E-state index contributed by atoms with van der Waals surface area (Å²) < 4.78 is 51.5. The van der Waals surface area contributed by atoms with E-state index in [0.29, 0.717) is 0 Å². The normalized spacial score (nSPS) is 14.2. The van der Waals surface area contributed by atoms with Crippen LogP contribution in [0.25, 0.3) is 0 Å². The van der Waals surface area contributed by atoms with E-state index < -0.39 is 25.0 Å². The van der Waals surface area contributed by atoms with Gasteiger partial charge >= 0.3 is 12.3 Å². The molecular weight excluding hydrogens is 190 g/mol. The third-order valence-electron chi connectivity index (χ3n) is 1.13. The van der Waals surface area contributed by atoms with Crippen LogP contribution >= 0.6 is 0 Å². The van der Waals surface area contributed by atoms with E-state index in [1.165, 1.54) is 0 Å². The van der Waals surface area contributed by atoms with Crippen molar-refractivity contribution in [2.75, 3.05) is 13.2 Å². The summed E-state index contributed by atoms with van der Waals surface area (Å²) in [5.74, 6) is -2.14. The Hall–Kier alpha value is -0.800. The average Bonchev–Trinajstić information content (AvgIpc) is 2.03. The Bertz CT molecular complexity index is 189. The highest BCUT2D eigenvalue weighted by Crippen LogP contribution is 2.22. The fraction of sp³-hybridized carbons (Fsp3) is 0.714. The molecular formula is C7H9F4NO. The second-order valence-electron chi connectivity index (χ2n) is 2.35. The second kappa shape index (κ2) is 5.04. The van der Waals surface area contributed by atoms with Crippen molar-refractivity contribution >= 4 is 0 Å². The lowest BCUT2D eigenvalue weighted by atomic mass is 10.3. The van der Waals surface area contributed by atoms with Crippen LogP contribution in [0, 0.1) is 12.3 Å². The van der Waals surface area contributed by atoms with Gasteiger partial charge in [-0.3, -0.25) is 0 Å². The highest BCUT2D eigenvalue weighted by Gasteiger charge is 2.40. The third-order valence-corrected chi connectivity index (χ3v) is 1.13. The molecule has 0 aromatic heterocycles. The predicted molar refractivity (Wildman–Crippen MR) is 38.6 cm³/mol. The average molecular weight is 199 g/mol. The zero-order valence-electron chi connectivity index (χ0n) is 6.64. The van der Waals surface area contributed by atoms with Crippen LogP contribution in [0.2, 0.25) is 0 Å². The third kappa shape index (κ3) is 4.70. The summed E-state index contributed by atoms with van der Waals surface area (Å²) >= 11 is 0. The summed E-state index contributed by atoms with van der Waals surface area (Å²) in [6, 6.07) is -0.853. The number of nitrogens with two attached hydrogens (primary N) is 1. The molecule has 0 bridgehead atoms. The fourth-order valence-corrected chi connectivity index (χ4v) is 0.433. The minimum Gasteiger partial charge on any atom is -0.372 e. The number of halogens is 4. The molecule has 1 unspecified atom stereocenters. The molecule has 0 heterocycles. The van der Waals surface area contributed by atoms with Crippen molar-refractivity contribution in [1.29, 1.82) is 0 Å². The van der Waals surface area contributed by atoms with Crippen molar-refractivity contribution in [3.05, 3.63) is 0 Å². The summed E-state index contributed by atoms with van der Waals surface area (Å²) in [5, 5.41) is 0. The second-order valence-corrected chi connectivity index (χ2v) is 2.35. The molecule has 0 rings (SSSR count). The first kappa shape index (κ1) is 12.2. The van der Waals surface area contributed by atoms with Crippen LogP contribution in [0.15, 0.2) is 0 Å². The van der Waals surface area contributed by atoms with E-state index in [9.17, 15) is 17.6 Å². The number of alkyl halides is 4. The first-order valence-corrected chi connectivity index (χ1v) is 3.35. The lowest BCUT2D eigenvalue weighted by Gasteiger charge is -2.15. The molecule has 13 heavy (non-hydrogen) atoms. The maximum atomic E-state index is 12.1. The van der Waals surface area contributed by atoms with Gasteiger partial charge in [-0.15, -0.1) is 6.42 Å². The van der Waals surface area contributed by atoms with Crippen LogP contribution < -0.4 is 5.73 Å². The Morgan fingerprint density at radius 1 is 1.46 bits per heavy atom. The summed E-state index contributed by atoms with van der Waals surface area (Å²) in [4.78, 5) is 0. The van der Waals surface area contributed by atoms with Gasteiger partial charge in [0.1, 0.15) is 6.61 Å². The highest BCUT2D eigenvalue weighted by atomic mass is 19.3. The molecule has 0 aromatic carbocycles. The van der Waals surface area contributed by atoms with E-state index in [2.05, 4.69) is 4.74 Å². The molecule has 0 fully saturated rings. The molecule has 0 aliphatic rings. The Morgan fingerprint density at radius 2 is 2.00 bits per heavy atom. The molecule has 0 spiro atoms. The van der Waals surface area contributed by atoms with Crippen molar-refractivity contribution in [2.45, 2.75) is 18.4 Å². The van der Waals surface area contributed by atoms with Gasteiger partial charge in [0, 0.05) is 0 Å². The van der Waals surface area contributed by atoms with E-state index in [1.54, 1.807) is 0 Å². The van der Waals surface area contributed by atoms with Crippen molar-refractivity contribution in [2.24, 2.45) is 5.73 Å². The molecule has 2 N–H and O–H groups in total. The fourth-order valence-electron chi connectivity index (χ4n) is 0.433. The van der Waals surface area contributed by atoms with Gasteiger partial charge in [0.05, 0.1) is 12.6 Å². The zero-order chi connectivity index (χ0) is 10.5. The summed E-state index contributed by atoms with van der Waals surface area (Å²) in [5.41, 5.74) is 5.08. The van der Waals surface area contributed by atoms with E-state index in [4.69, 9.17) is 12.2 Å². The SMILES string of the molecule is C#CC(N)COCC(F)(F)C(F)F. The molecule has 0 radical (unpaired) electrons. The van der Waals surface area contributed by atoms with Crippen molar-refractivity contribution < 1.29 is 22.3 Å². The van der Waals surface area contributed by atoms with Gasteiger partial charge in [-0.1, -0.05) is 5.92 Å². The molecule has 0 saturated carbocycles. The lowest BCUT2D eigenvalue weighted by molar-refractivity contribution is -0.165. The minimum absolute atomic E-state index is 0.362. The summed E-state index contributed by atoms with van der Waals surface area (Å²) in [6.07, 6.45) is 1.05.